The molecule has 0 amide bonds. The second kappa shape index (κ2) is 8.09. The number of Topliss-reactive ketones (excluding diaryl/α,β-unsaturated/α-hetero) is 1. The van der Waals surface area contributed by atoms with E-state index in [9.17, 15) is 15.3 Å². The Hall–Kier alpha value is -3.57. The van der Waals surface area contributed by atoms with Gasteiger partial charge in [-0.25, -0.2) is 0 Å². The van der Waals surface area contributed by atoms with E-state index in [0.717, 1.165) is 11.3 Å². The molecule has 2 aliphatic rings. The summed E-state index contributed by atoms with van der Waals surface area (Å²) in [6.45, 7) is 0. The summed E-state index contributed by atoms with van der Waals surface area (Å²) >= 11 is 12.8. The summed E-state index contributed by atoms with van der Waals surface area (Å²) in [5.74, 6) is -0.972. The van der Waals surface area contributed by atoms with Crippen molar-refractivity contribution in [1.82, 2.24) is 0 Å². The van der Waals surface area contributed by atoms with Crippen LogP contribution in [0.4, 0.5) is 5.69 Å². The van der Waals surface area contributed by atoms with Gasteiger partial charge in [0, 0.05) is 27.2 Å². The molecular formula is C27H17Cl2N3O. The van der Waals surface area contributed by atoms with E-state index in [-0.39, 0.29) is 5.78 Å². The van der Waals surface area contributed by atoms with Crippen LogP contribution in [0.25, 0.3) is 6.08 Å². The quantitative estimate of drug-likeness (QED) is 0.423. The van der Waals surface area contributed by atoms with Crippen molar-refractivity contribution in [1.29, 1.82) is 10.5 Å². The molecule has 0 radical (unpaired) electrons. The maximum Gasteiger partial charge on any atom is 0.185 e. The molecule has 6 heteroatoms. The largest absolute Gasteiger partial charge is 0.351 e. The lowest BCUT2D eigenvalue weighted by Gasteiger charge is -2.35. The molecule has 0 saturated carbocycles. The number of ketones is 1. The van der Waals surface area contributed by atoms with Crippen LogP contribution in [-0.4, -0.2) is 17.9 Å². The first kappa shape index (κ1) is 21.3. The van der Waals surface area contributed by atoms with Crippen molar-refractivity contribution < 1.29 is 4.79 Å². The number of anilines is 1. The fraction of sp³-hybridized carbons (Fsp3) is 0.148. The monoisotopic (exact) mass is 469 g/mol. The Balaban J connectivity index is 1.81. The van der Waals surface area contributed by atoms with Crippen LogP contribution in [0.2, 0.25) is 10.0 Å². The number of fused-ring (bicyclic) bond motifs is 3. The number of para-hydroxylation sites is 1. The molecule has 3 aromatic rings. The minimum atomic E-state index is -1.55. The van der Waals surface area contributed by atoms with Gasteiger partial charge >= 0.3 is 0 Å². The van der Waals surface area contributed by atoms with Crippen molar-refractivity contribution in [3.63, 3.8) is 0 Å². The van der Waals surface area contributed by atoms with Crippen molar-refractivity contribution in [3.05, 3.63) is 106 Å². The lowest BCUT2D eigenvalue weighted by atomic mass is 9.69. The number of nitrogens with zero attached hydrogens (tertiary/aromatic N) is 3. The average molecular weight is 470 g/mol. The van der Waals surface area contributed by atoms with Gasteiger partial charge in [-0.3, -0.25) is 4.79 Å². The Bertz CT molecular complexity index is 1360. The molecule has 3 aromatic carbocycles. The summed E-state index contributed by atoms with van der Waals surface area (Å²) in [6, 6.07) is 24.7. The summed E-state index contributed by atoms with van der Waals surface area (Å²) in [4.78, 5) is 16.0. The summed E-state index contributed by atoms with van der Waals surface area (Å²) in [7, 11) is 0. The van der Waals surface area contributed by atoms with Crippen LogP contribution in [0.5, 0.6) is 0 Å². The fourth-order valence-corrected chi connectivity index (χ4v) is 5.63. The number of carbonyl (C=O) groups excluding carboxylic acids is 1. The van der Waals surface area contributed by atoms with Gasteiger partial charge in [0.15, 0.2) is 11.2 Å². The number of hydrogen-bond acceptors (Lipinski definition) is 4. The molecule has 0 aromatic heterocycles. The molecule has 5 rings (SSSR count). The number of hydrogen-bond donors (Lipinski definition) is 0. The zero-order chi connectivity index (χ0) is 23.2. The van der Waals surface area contributed by atoms with Crippen molar-refractivity contribution in [2.45, 2.75) is 18.0 Å². The van der Waals surface area contributed by atoms with Gasteiger partial charge in [0.2, 0.25) is 0 Å². The third-order valence-electron chi connectivity index (χ3n) is 6.54. The highest BCUT2D eigenvalue weighted by Crippen LogP contribution is 2.56. The molecule has 0 N–H and O–H groups in total. The smallest absolute Gasteiger partial charge is 0.185 e. The van der Waals surface area contributed by atoms with Gasteiger partial charge in [-0.2, -0.15) is 10.5 Å². The SMILES string of the molecule is N#CC1(C#N)C(c2ccc(Cl)cc2Cl)C(C(=O)c2ccccc2)N2c3ccccc3C=CC21. The predicted octanol–water partition coefficient (Wildman–Crippen LogP) is 6.28. The lowest BCUT2D eigenvalue weighted by Crippen LogP contribution is -2.44. The number of nitriles is 2. The standard InChI is InChI=1S/C27H17Cl2N3O/c28-19-11-12-20(21(29)14-19)24-25(26(33)18-7-2-1-3-8-18)32-22-9-5-4-6-17(22)10-13-23(32)27(24,15-30)16-31/h1-14,23-25H. The normalized spacial score (nSPS) is 22.1. The Morgan fingerprint density at radius 3 is 2.33 bits per heavy atom. The van der Waals surface area contributed by atoms with E-state index in [1.165, 1.54) is 0 Å². The molecule has 4 nitrogen and oxygen atoms in total. The van der Waals surface area contributed by atoms with Gasteiger partial charge in [0.25, 0.3) is 0 Å². The van der Waals surface area contributed by atoms with E-state index in [2.05, 4.69) is 12.1 Å². The van der Waals surface area contributed by atoms with Crippen molar-refractivity contribution in [2.24, 2.45) is 5.41 Å². The van der Waals surface area contributed by atoms with Crippen molar-refractivity contribution in [2.75, 3.05) is 4.90 Å². The van der Waals surface area contributed by atoms with Crippen molar-refractivity contribution >= 4 is 40.7 Å². The molecule has 33 heavy (non-hydrogen) atoms. The molecule has 3 atom stereocenters. The molecule has 0 bridgehead atoms. The summed E-state index contributed by atoms with van der Waals surface area (Å²) in [6.07, 6.45) is 3.76. The first-order valence-electron chi connectivity index (χ1n) is 10.4. The van der Waals surface area contributed by atoms with Crippen LogP contribution in [-0.2, 0) is 0 Å². The highest BCUT2D eigenvalue weighted by Gasteiger charge is 2.63. The van der Waals surface area contributed by atoms with E-state index in [1.807, 2.05) is 47.4 Å². The molecule has 2 aliphatic heterocycles. The molecule has 1 fully saturated rings. The second-order valence-electron chi connectivity index (χ2n) is 8.18. The summed E-state index contributed by atoms with van der Waals surface area (Å²) < 4.78 is 0. The van der Waals surface area contributed by atoms with Gasteiger partial charge in [-0.15, -0.1) is 0 Å². The molecule has 0 aliphatic carbocycles. The van der Waals surface area contributed by atoms with E-state index in [1.54, 1.807) is 42.5 Å². The first-order chi connectivity index (χ1) is 16.0. The highest BCUT2D eigenvalue weighted by molar-refractivity contribution is 6.35. The third kappa shape index (κ3) is 3.15. The van der Waals surface area contributed by atoms with Crippen LogP contribution >= 0.6 is 23.2 Å². The zero-order valence-electron chi connectivity index (χ0n) is 17.3. The molecule has 2 heterocycles. The van der Waals surface area contributed by atoms with Gasteiger partial charge in [0.1, 0.15) is 6.04 Å². The molecule has 1 saturated heterocycles. The van der Waals surface area contributed by atoms with E-state index < -0.39 is 23.4 Å². The number of benzene rings is 3. The Kier molecular flexibility index (Phi) is 5.22. The first-order valence-corrected chi connectivity index (χ1v) is 11.2. The van der Waals surface area contributed by atoms with E-state index in [4.69, 9.17) is 23.2 Å². The minimum absolute atomic E-state index is 0.172. The topological polar surface area (TPSA) is 67.9 Å². The van der Waals surface area contributed by atoms with E-state index >= 15 is 0 Å². The van der Waals surface area contributed by atoms with Gasteiger partial charge in [-0.05, 0) is 29.3 Å². The van der Waals surface area contributed by atoms with E-state index in [0.29, 0.717) is 21.2 Å². The maximum atomic E-state index is 14.0. The van der Waals surface area contributed by atoms with Crippen LogP contribution in [0.15, 0.2) is 78.9 Å². The van der Waals surface area contributed by atoms with Crippen LogP contribution in [0.1, 0.15) is 27.4 Å². The van der Waals surface area contributed by atoms with Crippen LogP contribution in [0.3, 0.4) is 0 Å². The zero-order valence-corrected chi connectivity index (χ0v) is 18.8. The van der Waals surface area contributed by atoms with Gasteiger partial charge in [-0.1, -0.05) is 90.0 Å². The maximum absolute atomic E-state index is 14.0. The number of carbonyl (C=O) groups is 1. The third-order valence-corrected chi connectivity index (χ3v) is 7.10. The predicted molar refractivity (Wildman–Crippen MR) is 129 cm³/mol. The molecule has 3 unspecified atom stereocenters. The van der Waals surface area contributed by atoms with Gasteiger partial charge < -0.3 is 4.90 Å². The number of halogens is 2. The average Bonchev–Trinajstić information content (AvgIpc) is 3.15. The fourth-order valence-electron chi connectivity index (χ4n) is 5.10. The Morgan fingerprint density at radius 2 is 1.64 bits per heavy atom. The molecule has 0 spiro atoms. The second-order valence-corrected chi connectivity index (χ2v) is 9.02. The molecule has 160 valence electrons. The Labute approximate surface area is 201 Å². The van der Waals surface area contributed by atoms with Crippen molar-refractivity contribution in [3.8, 4) is 12.1 Å². The summed E-state index contributed by atoms with van der Waals surface area (Å²) in [5, 5.41) is 21.6. The van der Waals surface area contributed by atoms with Gasteiger partial charge in [0.05, 0.1) is 18.2 Å². The number of rotatable bonds is 3. The molecular weight excluding hydrogens is 453 g/mol. The minimum Gasteiger partial charge on any atom is -0.351 e. The lowest BCUT2D eigenvalue weighted by molar-refractivity contribution is 0.0951. The van der Waals surface area contributed by atoms with Crippen LogP contribution in [0, 0.1) is 28.1 Å². The Morgan fingerprint density at radius 1 is 0.939 bits per heavy atom. The van der Waals surface area contributed by atoms with Crippen LogP contribution < -0.4 is 4.90 Å². The summed E-state index contributed by atoms with van der Waals surface area (Å²) in [5.41, 5.74) is 1.25. The highest BCUT2D eigenvalue weighted by atomic mass is 35.5.